The Morgan fingerprint density at radius 3 is 2.57 bits per heavy atom. The number of ether oxygens (including phenoxy) is 4. The molecular weight excluding hydrogens is 578 g/mol. The SMILES string of the molecule is CC.CCCCn1c(-c2ccccc2)nc(-c2cnccn2)c1CN(Cc1ccc2c(c1)OCO2)CC1C=C2OCOC2=CCC1. The van der Waals surface area contributed by atoms with Crippen LogP contribution in [0.4, 0.5) is 0 Å². The molecule has 0 spiro atoms. The van der Waals surface area contributed by atoms with Gasteiger partial charge >= 0.3 is 0 Å². The van der Waals surface area contributed by atoms with Gasteiger partial charge in [-0.1, -0.05) is 63.6 Å². The summed E-state index contributed by atoms with van der Waals surface area (Å²) in [6.45, 7) is 9.89. The van der Waals surface area contributed by atoms with Crippen LogP contribution in [-0.2, 0) is 29.1 Å². The number of rotatable bonds is 11. The van der Waals surface area contributed by atoms with Crippen molar-refractivity contribution < 1.29 is 18.9 Å². The standard InChI is InChI=1S/C35H37N5O4.C2H6/c1-2-3-16-40-29(34(28-19-36-14-15-37-28)38-35(40)27-9-5-4-6-10-27)22-39(21-26-12-13-31-33(18-26)44-24-42-31)20-25-8-7-11-30-32(17-25)43-23-41-30;1-2/h4-6,9-15,17-19,25H,2-3,7-8,16,20-24H2,1H3;1-2H3. The Labute approximate surface area is 271 Å². The molecule has 46 heavy (non-hydrogen) atoms. The van der Waals surface area contributed by atoms with Crippen molar-refractivity contribution in [3.63, 3.8) is 0 Å². The quantitative estimate of drug-likeness (QED) is 0.168. The summed E-state index contributed by atoms with van der Waals surface area (Å²) in [5, 5.41) is 0. The summed E-state index contributed by atoms with van der Waals surface area (Å²) in [5.74, 6) is 4.56. The molecule has 1 atom stereocenters. The summed E-state index contributed by atoms with van der Waals surface area (Å²) in [4.78, 5) is 16.9. The number of imidazole rings is 1. The van der Waals surface area contributed by atoms with Crippen LogP contribution in [0.1, 0.15) is 57.7 Å². The molecule has 4 aromatic rings. The van der Waals surface area contributed by atoms with Crippen molar-refractivity contribution >= 4 is 0 Å². The second-order valence-electron chi connectivity index (χ2n) is 11.4. The highest BCUT2D eigenvalue weighted by atomic mass is 16.7. The fraction of sp³-hybridized carbons (Fsp3) is 0.378. The number of hydrogen-bond donors (Lipinski definition) is 0. The molecule has 2 aromatic heterocycles. The Morgan fingerprint density at radius 1 is 0.913 bits per heavy atom. The van der Waals surface area contributed by atoms with Gasteiger partial charge in [-0.15, -0.1) is 0 Å². The molecule has 1 saturated heterocycles. The third-order valence-corrected chi connectivity index (χ3v) is 8.28. The molecule has 3 aliphatic rings. The van der Waals surface area contributed by atoms with Gasteiger partial charge in [0.25, 0.3) is 0 Å². The first-order chi connectivity index (χ1) is 22.7. The van der Waals surface area contributed by atoms with Crippen molar-refractivity contribution in [1.29, 1.82) is 0 Å². The lowest BCUT2D eigenvalue weighted by Gasteiger charge is -2.27. The average Bonchev–Trinajstić information content (AvgIpc) is 3.81. The first-order valence-corrected chi connectivity index (χ1v) is 16.4. The van der Waals surface area contributed by atoms with Crippen molar-refractivity contribution in [2.24, 2.45) is 5.92 Å². The largest absolute Gasteiger partial charge is 0.454 e. The zero-order chi connectivity index (χ0) is 31.7. The monoisotopic (exact) mass is 621 g/mol. The summed E-state index contributed by atoms with van der Waals surface area (Å²) < 4.78 is 25.2. The van der Waals surface area contributed by atoms with E-state index in [1.165, 1.54) is 5.56 Å². The molecule has 1 aliphatic carbocycles. The van der Waals surface area contributed by atoms with Gasteiger partial charge in [-0.2, -0.15) is 0 Å². The second-order valence-corrected chi connectivity index (χ2v) is 11.4. The molecule has 7 rings (SSSR count). The molecule has 240 valence electrons. The Hall–Kier alpha value is -4.63. The van der Waals surface area contributed by atoms with Gasteiger partial charge in [0, 0.05) is 44.1 Å². The van der Waals surface area contributed by atoms with E-state index in [-0.39, 0.29) is 19.5 Å². The average molecular weight is 622 g/mol. The van der Waals surface area contributed by atoms with Gasteiger partial charge in [-0.05, 0) is 55.0 Å². The second kappa shape index (κ2) is 15.1. The molecule has 4 heterocycles. The Kier molecular flexibility index (Phi) is 10.3. The van der Waals surface area contributed by atoms with Crippen LogP contribution in [0.25, 0.3) is 22.8 Å². The molecule has 0 N–H and O–H groups in total. The molecule has 9 heteroatoms. The fourth-order valence-corrected chi connectivity index (χ4v) is 6.12. The predicted molar refractivity (Wildman–Crippen MR) is 178 cm³/mol. The smallest absolute Gasteiger partial charge is 0.231 e. The van der Waals surface area contributed by atoms with E-state index >= 15 is 0 Å². The number of aromatic nitrogens is 4. The van der Waals surface area contributed by atoms with Crippen LogP contribution in [0.3, 0.4) is 0 Å². The molecule has 9 nitrogen and oxygen atoms in total. The van der Waals surface area contributed by atoms with Gasteiger partial charge in [-0.3, -0.25) is 14.9 Å². The lowest BCUT2D eigenvalue weighted by Crippen LogP contribution is -2.30. The lowest BCUT2D eigenvalue weighted by molar-refractivity contribution is 0.0961. The maximum Gasteiger partial charge on any atom is 0.231 e. The lowest BCUT2D eigenvalue weighted by atomic mass is 10.0. The van der Waals surface area contributed by atoms with Crippen LogP contribution in [0, 0.1) is 5.92 Å². The van der Waals surface area contributed by atoms with Gasteiger partial charge in [-0.25, -0.2) is 4.98 Å². The highest BCUT2D eigenvalue weighted by Crippen LogP contribution is 2.35. The Bertz CT molecular complexity index is 1650. The summed E-state index contributed by atoms with van der Waals surface area (Å²) in [6, 6.07) is 16.7. The van der Waals surface area contributed by atoms with Crippen LogP contribution >= 0.6 is 0 Å². The number of allylic oxidation sites excluding steroid dienone is 1. The third kappa shape index (κ3) is 7.10. The highest BCUT2D eigenvalue weighted by Gasteiger charge is 2.27. The Morgan fingerprint density at radius 2 is 1.74 bits per heavy atom. The molecule has 0 radical (unpaired) electrons. The van der Waals surface area contributed by atoms with Crippen molar-refractivity contribution in [1.82, 2.24) is 24.4 Å². The van der Waals surface area contributed by atoms with Crippen LogP contribution in [0.2, 0.25) is 0 Å². The zero-order valence-corrected chi connectivity index (χ0v) is 27.0. The first kappa shape index (κ1) is 31.4. The van der Waals surface area contributed by atoms with Gasteiger partial charge < -0.3 is 23.5 Å². The molecule has 2 aliphatic heterocycles. The molecule has 2 aromatic carbocycles. The summed E-state index contributed by atoms with van der Waals surface area (Å²) in [6.07, 6.45) is 13.7. The van der Waals surface area contributed by atoms with E-state index in [4.69, 9.17) is 28.9 Å². The van der Waals surface area contributed by atoms with E-state index in [1.807, 2.05) is 32.2 Å². The third-order valence-electron chi connectivity index (χ3n) is 8.28. The maximum absolute atomic E-state index is 5.82. The van der Waals surface area contributed by atoms with Crippen LogP contribution in [0.5, 0.6) is 11.5 Å². The topological polar surface area (TPSA) is 83.8 Å². The molecule has 0 saturated carbocycles. The number of benzene rings is 2. The van der Waals surface area contributed by atoms with Gasteiger partial charge in [0.05, 0.1) is 11.9 Å². The minimum absolute atomic E-state index is 0.260. The molecule has 0 amide bonds. The van der Waals surface area contributed by atoms with E-state index in [0.717, 1.165) is 96.8 Å². The van der Waals surface area contributed by atoms with Gasteiger partial charge in [0.15, 0.2) is 23.0 Å². The van der Waals surface area contributed by atoms with Crippen molar-refractivity contribution in [2.75, 3.05) is 20.1 Å². The number of hydrogen-bond acceptors (Lipinski definition) is 8. The Balaban J connectivity index is 0.00000182. The van der Waals surface area contributed by atoms with Gasteiger partial charge in [0.2, 0.25) is 13.6 Å². The summed E-state index contributed by atoms with van der Waals surface area (Å²) in [7, 11) is 0. The maximum atomic E-state index is 5.82. The highest BCUT2D eigenvalue weighted by molar-refractivity contribution is 5.65. The molecule has 1 fully saturated rings. The normalized spacial score (nSPS) is 16.4. The molecular formula is C37H43N5O4. The number of fused-ring (bicyclic) bond motifs is 2. The molecule has 1 unspecified atom stereocenters. The summed E-state index contributed by atoms with van der Waals surface area (Å²) >= 11 is 0. The minimum Gasteiger partial charge on any atom is -0.454 e. The van der Waals surface area contributed by atoms with E-state index < -0.39 is 0 Å². The number of nitrogens with zero attached hydrogens (tertiary/aromatic N) is 5. The van der Waals surface area contributed by atoms with E-state index in [2.05, 4.69) is 69.9 Å². The van der Waals surface area contributed by atoms with Crippen molar-refractivity contribution in [3.8, 4) is 34.3 Å². The van der Waals surface area contributed by atoms with Crippen LogP contribution in [0.15, 0.2) is 90.8 Å². The summed E-state index contributed by atoms with van der Waals surface area (Å²) in [5.41, 5.74) is 5.05. The van der Waals surface area contributed by atoms with Crippen molar-refractivity contribution in [2.45, 2.75) is 66.1 Å². The minimum atomic E-state index is 0.260. The predicted octanol–water partition coefficient (Wildman–Crippen LogP) is 7.75. The van der Waals surface area contributed by atoms with E-state index in [0.29, 0.717) is 6.54 Å². The van der Waals surface area contributed by atoms with Crippen LogP contribution < -0.4 is 9.47 Å². The van der Waals surface area contributed by atoms with Crippen LogP contribution in [-0.4, -0.2) is 44.5 Å². The van der Waals surface area contributed by atoms with E-state index in [1.54, 1.807) is 12.4 Å². The van der Waals surface area contributed by atoms with E-state index in [9.17, 15) is 0 Å². The zero-order valence-electron chi connectivity index (χ0n) is 27.0. The number of unbranched alkanes of at least 4 members (excludes halogenated alkanes) is 1. The fourth-order valence-electron chi connectivity index (χ4n) is 6.12. The molecule has 0 bridgehead atoms. The van der Waals surface area contributed by atoms with Crippen molar-refractivity contribution in [3.05, 3.63) is 102 Å². The first-order valence-electron chi connectivity index (χ1n) is 16.4. The van der Waals surface area contributed by atoms with Gasteiger partial charge in [0.1, 0.15) is 17.2 Å².